The van der Waals surface area contributed by atoms with Gasteiger partial charge in [0.2, 0.25) is 5.95 Å². The van der Waals surface area contributed by atoms with Crippen LogP contribution in [0.5, 0.6) is 5.75 Å². The Hall–Kier alpha value is -3.78. The summed E-state index contributed by atoms with van der Waals surface area (Å²) in [5, 5.41) is 4.14. The SMILES string of the molecule is CC(=O)Oc1ccc(/C=N\Nc2nc3c(c(=O)[nH]2)CN(Cc2ccccc2)CC3)cc1. The highest BCUT2D eigenvalue weighted by Gasteiger charge is 2.21. The number of esters is 1. The lowest BCUT2D eigenvalue weighted by Crippen LogP contribution is -2.35. The van der Waals surface area contributed by atoms with Crippen molar-refractivity contribution in [3.8, 4) is 5.75 Å². The number of benzene rings is 2. The average Bonchev–Trinajstić information content (AvgIpc) is 2.76. The molecule has 0 aliphatic carbocycles. The fourth-order valence-corrected chi connectivity index (χ4v) is 3.47. The number of H-pyrrole nitrogens is 1. The van der Waals surface area contributed by atoms with Crippen molar-refractivity contribution >= 4 is 18.1 Å². The van der Waals surface area contributed by atoms with Gasteiger partial charge in [-0.05, 0) is 35.4 Å². The molecule has 0 saturated carbocycles. The molecular weight excluding hydrogens is 394 g/mol. The van der Waals surface area contributed by atoms with Crippen LogP contribution in [0.2, 0.25) is 0 Å². The van der Waals surface area contributed by atoms with E-state index in [1.807, 2.05) is 18.2 Å². The minimum atomic E-state index is -0.367. The summed E-state index contributed by atoms with van der Waals surface area (Å²) < 4.78 is 5.00. The van der Waals surface area contributed by atoms with Gasteiger partial charge in [-0.2, -0.15) is 5.10 Å². The zero-order valence-corrected chi connectivity index (χ0v) is 17.2. The summed E-state index contributed by atoms with van der Waals surface area (Å²) in [6, 6.07) is 17.1. The molecule has 158 valence electrons. The first-order valence-electron chi connectivity index (χ1n) is 10.0. The van der Waals surface area contributed by atoms with E-state index in [1.54, 1.807) is 30.5 Å². The van der Waals surface area contributed by atoms with Gasteiger partial charge in [-0.3, -0.25) is 19.5 Å². The van der Waals surface area contributed by atoms with Gasteiger partial charge in [0.05, 0.1) is 17.5 Å². The van der Waals surface area contributed by atoms with E-state index in [9.17, 15) is 9.59 Å². The number of aromatic amines is 1. The third-order valence-corrected chi connectivity index (χ3v) is 4.92. The fraction of sp³-hybridized carbons (Fsp3) is 0.217. The number of ether oxygens (including phenoxy) is 1. The number of hydrogen-bond donors (Lipinski definition) is 2. The summed E-state index contributed by atoms with van der Waals surface area (Å²) >= 11 is 0. The first kappa shape index (κ1) is 20.5. The monoisotopic (exact) mass is 417 g/mol. The van der Waals surface area contributed by atoms with Gasteiger partial charge in [0, 0.05) is 33.0 Å². The number of anilines is 1. The molecule has 8 nitrogen and oxygen atoms in total. The fourth-order valence-electron chi connectivity index (χ4n) is 3.47. The van der Waals surface area contributed by atoms with Gasteiger partial charge in [0.25, 0.3) is 5.56 Å². The van der Waals surface area contributed by atoms with Gasteiger partial charge in [-0.1, -0.05) is 30.3 Å². The lowest BCUT2D eigenvalue weighted by atomic mass is 10.1. The van der Waals surface area contributed by atoms with Gasteiger partial charge in [-0.25, -0.2) is 10.4 Å². The number of aromatic nitrogens is 2. The molecule has 0 bridgehead atoms. The second kappa shape index (κ2) is 9.36. The molecule has 0 atom stereocenters. The molecule has 0 amide bonds. The van der Waals surface area contributed by atoms with Crippen molar-refractivity contribution < 1.29 is 9.53 Å². The first-order chi connectivity index (χ1) is 15.1. The van der Waals surface area contributed by atoms with Crippen molar-refractivity contribution in [1.29, 1.82) is 0 Å². The minimum Gasteiger partial charge on any atom is -0.427 e. The Bertz CT molecular complexity index is 1140. The van der Waals surface area contributed by atoms with Crippen LogP contribution in [0.25, 0.3) is 0 Å². The van der Waals surface area contributed by atoms with Crippen molar-refractivity contribution in [1.82, 2.24) is 14.9 Å². The topological polar surface area (TPSA) is 99.7 Å². The molecule has 2 N–H and O–H groups in total. The number of nitrogens with zero attached hydrogens (tertiary/aromatic N) is 3. The van der Waals surface area contributed by atoms with Gasteiger partial charge < -0.3 is 4.74 Å². The molecule has 2 aromatic carbocycles. The second-order valence-electron chi connectivity index (χ2n) is 7.32. The molecule has 0 saturated heterocycles. The van der Waals surface area contributed by atoms with Crippen LogP contribution in [-0.4, -0.2) is 33.6 Å². The molecule has 0 spiro atoms. The molecule has 1 aromatic heterocycles. The third-order valence-electron chi connectivity index (χ3n) is 4.92. The van der Waals surface area contributed by atoms with Gasteiger partial charge in [0.1, 0.15) is 5.75 Å². The number of hydrazone groups is 1. The van der Waals surface area contributed by atoms with Crippen molar-refractivity contribution in [2.45, 2.75) is 26.4 Å². The van der Waals surface area contributed by atoms with E-state index in [0.29, 0.717) is 30.2 Å². The van der Waals surface area contributed by atoms with Gasteiger partial charge in [0.15, 0.2) is 0 Å². The average molecular weight is 417 g/mol. The standard InChI is InChI=1S/C23H23N5O3/c1-16(29)31-19-9-7-17(8-10-19)13-24-27-23-25-21-11-12-28(15-20(21)22(30)26-23)14-18-5-3-2-4-6-18/h2-10,13H,11-12,14-15H2,1H3,(H2,25,26,27,30)/b24-13-. The van der Waals surface area contributed by atoms with Crippen LogP contribution in [0.15, 0.2) is 64.5 Å². The molecule has 3 aromatic rings. The molecular formula is C23H23N5O3. The zero-order valence-electron chi connectivity index (χ0n) is 17.2. The van der Waals surface area contributed by atoms with E-state index in [1.165, 1.54) is 12.5 Å². The normalized spacial score (nSPS) is 13.7. The summed E-state index contributed by atoms with van der Waals surface area (Å²) in [4.78, 5) is 33.1. The van der Waals surface area contributed by atoms with E-state index in [2.05, 4.69) is 37.5 Å². The van der Waals surface area contributed by atoms with E-state index in [-0.39, 0.29) is 11.5 Å². The van der Waals surface area contributed by atoms with E-state index < -0.39 is 0 Å². The lowest BCUT2D eigenvalue weighted by Gasteiger charge is -2.27. The maximum Gasteiger partial charge on any atom is 0.308 e. The van der Waals surface area contributed by atoms with E-state index in [0.717, 1.165) is 24.3 Å². The van der Waals surface area contributed by atoms with Crippen molar-refractivity contribution in [2.75, 3.05) is 12.0 Å². The molecule has 1 aliphatic rings. The predicted molar refractivity (Wildman–Crippen MR) is 118 cm³/mol. The molecule has 8 heteroatoms. The van der Waals surface area contributed by atoms with Gasteiger partial charge >= 0.3 is 5.97 Å². The Labute approximate surface area is 179 Å². The zero-order chi connectivity index (χ0) is 21.6. The van der Waals surface area contributed by atoms with Crippen LogP contribution in [0.1, 0.15) is 29.3 Å². The molecule has 0 unspecified atom stereocenters. The van der Waals surface area contributed by atoms with Crippen molar-refractivity contribution in [3.05, 3.63) is 87.3 Å². The molecule has 31 heavy (non-hydrogen) atoms. The number of hydrogen-bond acceptors (Lipinski definition) is 7. The number of nitrogens with one attached hydrogen (secondary N) is 2. The Morgan fingerprint density at radius 2 is 2.00 bits per heavy atom. The number of carbonyl (C=O) groups excluding carboxylic acids is 1. The Morgan fingerprint density at radius 3 is 2.74 bits per heavy atom. The first-order valence-corrected chi connectivity index (χ1v) is 10.0. The third kappa shape index (κ3) is 5.43. The predicted octanol–water partition coefficient (Wildman–Crippen LogP) is 2.70. The molecule has 1 aliphatic heterocycles. The second-order valence-corrected chi connectivity index (χ2v) is 7.32. The largest absolute Gasteiger partial charge is 0.427 e. The number of fused-ring (bicyclic) bond motifs is 1. The highest BCUT2D eigenvalue weighted by Crippen LogP contribution is 2.17. The summed E-state index contributed by atoms with van der Waals surface area (Å²) in [6.45, 7) is 3.58. The summed E-state index contributed by atoms with van der Waals surface area (Å²) in [5.74, 6) is 0.418. The van der Waals surface area contributed by atoms with Crippen LogP contribution in [0, 0.1) is 0 Å². The summed E-state index contributed by atoms with van der Waals surface area (Å²) in [7, 11) is 0. The minimum absolute atomic E-state index is 0.147. The smallest absolute Gasteiger partial charge is 0.308 e. The van der Waals surface area contributed by atoms with Crippen LogP contribution in [0.3, 0.4) is 0 Å². The van der Waals surface area contributed by atoms with Crippen LogP contribution < -0.4 is 15.7 Å². The van der Waals surface area contributed by atoms with Crippen molar-refractivity contribution in [2.24, 2.45) is 5.10 Å². The molecule has 2 heterocycles. The maximum atomic E-state index is 12.6. The van der Waals surface area contributed by atoms with Crippen LogP contribution >= 0.6 is 0 Å². The lowest BCUT2D eigenvalue weighted by molar-refractivity contribution is -0.131. The van der Waals surface area contributed by atoms with E-state index in [4.69, 9.17) is 4.74 Å². The van der Waals surface area contributed by atoms with Gasteiger partial charge in [-0.15, -0.1) is 0 Å². The van der Waals surface area contributed by atoms with E-state index >= 15 is 0 Å². The molecule has 0 fully saturated rings. The molecule has 4 rings (SSSR count). The number of rotatable bonds is 6. The highest BCUT2D eigenvalue weighted by atomic mass is 16.5. The number of carbonyl (C=O) groups is 1. The maximum absolute atomic E-state index is 12.6. The molecule has 0 radical (unpaired) electrons. The Balaban J connectivity index is 1.39. The van der Waals surface area contributed by atoms with Crippen LogP contribution in [-0.2, 0) is 24.3 Å². The highest BCUT2D eigenvalue weighted by molar-refractivity contribution is 5.80. The summed E-state index contributed by atoms with van der Waals surface area (Å²) in [6.07, 6.45) is 2.31. The summed E-state index contributed by atoms with van der Waals surface area (Å²) in [5.41, 5.74) is 6.18. The van der Waals surface area contributed by atoms with Crippen molar-refractivity contribution in [3.63, 3.8) is 0 Å². The quantitative estimate of drug-likeness (QED) is 0.277. The van der Waals surface area contributed by atoms with Crippen LogP contribution in [0.4, 0.5) is 5.95 Å². The Morgan fingerprint density at radius 1 is 1.23 bits per heavy atom. The Kier molecular flexibility index (Phi) is 6.18.